The lowest BCUT2D eigenvalue weighted by Gasteiger charge is -2.26. The summed E-state index contributed by atoms with van der Waals surface area (Å²) >= 11 is 0. The number of benzene rings is 1. The summed E-state index contributed by atoms with van der Waals surface area (Å²) < 4.78 is 22.4. The normalized spacial score (nSPS) is 19.4. The van der Waals surface area contributed by atoms with Crippen molar-refractivity contribution in [1.29, 1.82) is 0 Å². The lowest BCUT2D eigenvalue weighted by Crippen LogP contribution is -2.28. The van der Waals surface area contributed by atoms with Crippen LogP contribution in [0.4, 0.5) is 10.3 Å². The molecule has 1 N–H and O–H groups in total. The molecule has 0 aliphatic heterocycles. The van der Waals surface area contributed by atoms with Crippen molar-refractivity contribution in [3.05, 3.63) is 59.0 Å². The fraction of sp³-hybridized carbons (Fsp3) is 0.480. The van der Waals surface area contributed by atoms with Gasteiger partial charge in [-0.05, 0) is 75.8 Å². The van der Waals surface area contributed by atoms with E-state index in [0.29, 0.717) is 42.2 Å². The number of aromatic nitrogens is 4. The van der Waals surface area contributed by atoms with Gasteiger partial charge in [-0.15, -0.1) is 0 Å². The number of anilines is 1. The van der Waals surface area contributed by atoms with Gasteiger partial charge in [0.05, 0.1) is 29.7 Å². The third-order valence-corrected chi connectivity index (χ3v) is 6.21. The van der Waals surface area contributed by atoms with E-state index in [2.05, 4.69) is 17.2 Å². The molecule has 2 heterocycles. The van der Waals surface area contributed by atoms with Crippen LogP contribution in [0, 0.1) is 11.7 Å². The number of hydrogen-bond donors (Lipinski definition) is 1. The summed E-state index contributed by atoms with van der Waals surface area (Å²) in [5.41, 5.74) is 1.60. The summed E-state index contributed by atoms with van der Waals surface area (Å²) in [7, 11) is 0. The molecule has 4 rings (SSSR count). The molecule has 1 unspecified atom stereocenters. The number of nitrogens with one attached hydrogen (secondary N) is 1. The van der Waals surface area contributed by atoms with E-state index >= 15 is 0 Å². The number of nitrogens with zero attached hydrogens (tertiary/aromatic N) is 4. The van der Waals surface area contributed by atoms with Crippen LogP contribution in [0.3, 0.4) is 0 Å². The summed E-state index contributed by atoms with van der Waals surface area (Å²) in [5, 5.41) is 3.46. The molecule has 3 aromatic rings. The SMILES string of the molecule is CCOC(C)Cn1cc(-c2ccnc(NC3CCC(C)CC3)n2)n(-c2ccc(F)cc2)c1=O. The molecule has 7 nitrogen and oxygen atoms in total. The molecule has 0 amide bonds. The molecule has 1 atom stereocenters. The van der Waals surface area contributed by atoms with E-state index in [1.807, 2.05) is 13.8 Å². The quantitative estimate of drug-likeness (QED) is 0.537. The van der Waals surface area contributed by atoms with Crippen molar-refractivity contribution in [3.63, 3.8) is 0 Å². The van der Waals surface area contributed by atoms with Gasteiger partial charge in [0.1, 0.15) is 5.82 Å². The highest BCUT2D eigenvalue weighted by atomic mass is 19.1. The van der Waals surface area contributed by atoms with Gasteiger partial charge >= 0.3 is 5.69 Å². The monoisotopic (exact) mass is 453 g/mol. The van der Waals surface area contributed by atoms with Gasteiger partial charge in [-0.3, -0.25) is 9.13 Å². The molecule has 0 bridgehead atoms. The van der Waals surface area contributed by atoms with E-state index in [1.54, 1.807) is 39.7 Å². The molecular weight excluding hydrogens is 421 g/mol. The Morgan fingerprint density at radius 3 is 2.61 bits per heavy atom. The first kappa shape index (κ1) is 23.2. The average molecular weight is 454 g/mol. The third-order valence-electron chi connectivity index (χ3n) is 6.21. The molecule has 2 aromatic heterocycles. The number of hydrogen-bond acceptors (Lipinski definition) is 5. The van der Waals surface area contributed by atoms with Gasteiger partial charge in [-0.2, -0.15) is 0 Å². The Morgan fingerprint density at radius 1 is 1.18 bits per heavy atom. The van der Waals surface area contributed by atoms with Crippen molar-refractivity contribution in [2.75, 3.05) is 11.9 Å². The molecule has 33 heavy (non-hydrogen) atoms. The highest BCUT2D eigenvalue weighted by Gasteiger charge is 2.21. The molecule has 0 spiro atoms. The molecule has 1 aliphatic rings. The first-order valence-electron chi connectivity index (χ1n) is 11.7. The van der Waals surface area contributed by atoms with E-state index in [4.69, 9.17) is 9.72 Å². The molecule has 1 aromatic carbocycles. The van der Waals surface area contributed by atoms with Crippen molar-refractivity contribution in [2.45, 2.75) is 65.1 Å². The summed E-state index contributed by atoms with van der Waals surface area (Å²) in [4.78, 5) is 22.5. The Labute approximate surface area is 193 Å². The van der Waals surface area contributed by atoms with Crippen LogP contribution in [0.15, 0.2) is 47.5 Å². The highest BCUT2D eigenvalue weighted by Crippen LogP contribution is 2.26. The van der Waals surface area contributed by atoms with Crippen LogP contribution in [-0.2, 0) is 11.3 Å². The summed E-state index contributed by atoms with van der Waals surface area (Å²) in [5.74, 6) is 0.966. The van der Waals surface area contributed by atoms with Gasteiger partial charge in [-0.1, -0.05) is 6.92 Å². The molecule has 1 aliphatic carbocycles. The summed E-state index contributed by atoms with van der Waals surface area (Å²) in [6.07, 6.45) is 7.96. The van der Waals surface area contributed by atoms with Crippen molar-refractivity contribution < 1.29 is 9.13 Å². The minimum Gasteiger partial charge on any atom is -0.377 e. The Hall–Kier alpha value is -3.00. The minimum atomic E-state index is -0.354. The van der Waals surface area contributed by atoms with E-state index in [0.717, 1.165) is 18.8 Å². The Morgan fingerprint density at radius 2 is 1.91 bits per heavy atom. The summed E-state index contributed by atoms with van der Waals surface area (Å²) in [6, 6.07) is 8.04. The fourth-order valence-corrected chi connectivity index (χ4v) is 4.42. The zero-order valence-electron chi connectivity index (χ0n) is 19.5. The smallest absolute Gasteiger partial charge is 0.333 e. The van der Waals surface area contributed by atoms with Crippen LogP contribution >= 0.6 is 0 Å². The van der Waals surface area contributed by atoms with Gasteiger partial charge in [0.2, 0.25) is 5.95 Å². The zero-order valence-corrected chi connectivity index (χ0v) is 19.5. The van der Waals surface area contributed by atoms with E-state index in [9.17, 15) is 9.18 Å². The Balaban J connectivity index is 1.70. The number of rotatable bonds is 8. The van der Waals surface area contributed by atoms with E-state index in [1.165, 1.54) is 25.0 Å². The van der Waals surface area contributed by atoms with Gasteiger partial charge in [-0.25, -0.2) is 19.2 Å². The summed E-state index contributed by atoms with van der Waals surface area (Å²) in [6.45, 7) is 7.13. The van der Waals surface area contributed by atoms with Crippen LogP contribution in [0.1, 0.15) is 46.5 Å². The Bertz CT molecular complexity index is 1120. The van der Waals surface area contributed by atoms with E-state index < -0.39 is 0 Å². The van der Waals surface area contributed by atoms with E-state index in [-0.39, 0.29) is 17.6 Å². The topological polar surface area (TPSA) is 74.0 Å². The fourth-order valence-electron chi connectivity index (χ4n) is 4.42. The number of imidazole rings is 1. The predicted octanol–water partition coefficient (Wildman–Crippen LogP) is 4.65. The highest BCUT2D eigenvalue weighted by molar-refractivity contribution is 5.59. The second kappa shape index (κ2) is 10.3. The lowest BCUT2D eigenvalue weighted by atomic mass is 9.87. The van der Waals surface area contributed by atoms with Crippen LogP contribution in [0.5, 0.6) is 0 Å². The van der Waals surface area contributed by atoms with Crippen molar-refractivity contribution >= 4 is 5.95 Å². The second-order valence-electron chi connectivity index (χ2n) is 8.89. The van der Waals surface area contributed by atoms with Crippen molar-refractivity contribution in [1.82, 2.24) is 19.1 Å². The maximum atomic E-state index is 13.6. The Kier molecular flexibility index (Phi) is 7.23. The van der Waals surface area contributed by atoms with Crippen LogP contribution in [0.2, 0.25) is 0 Å². The lowest BCUT2D eigenvalue weighted by molar-refractivity contribution is 0.0633. The molecule has 1 fully saturated rings. The van der Waals surface area contributed by atoms with Crippen LogP contribution < -0.4 is 11.0 Å². The molecule has 1 saturated carbocycles. The zero-order chi connectivity index (χ0) is 23.4. The van der Waals surface area contributed by atoms with Crippen LogP contribution in [0.25, 0.3) is 17.1 Å². The van der Waals surface area contributed by atoms with Gasteiger partial charge in [0.15, 0.2) is 0 Å². The van der Waals surface area contributed by atoms with Crippen molar-refractivity contribution in [3.8, 4) is 17.1 Å². The maximum Gasteiger partial charge on any atom is 0.333 e. The number of halogens is 1. The van der Waals surface area contributed by atoms with Gasteiger partial charge in [0, 0.05) is 25.0 Å². The molecular formula is C25H32FN5O2. The third kappa shape index (κ3) is 5.50. The van der Waals surface area contributed by atoms with Crippen molar-refractivity contribution in [2.24, 2.45) is 5.92 Å². The maximum absolute atomic E-state index is 13.6. The van der Waals surface area contributed by atoms with Gasteiger partial charge in [0.25, 0.3) is 0 Å². The predicted molar refractivity (Wildman–Crippen MR) is 127 cm³/mol. The standard InChI is InChI=1S/C25H32FN5O2/c1-4-33-18(3)15-30-16-23(31(25(30)32)21-11-7-19(26)8-12-21)22-13-14-27-24(29-22)28-20-9-5-17(2)6-10-20/h7-8,11-14,16-18,20H,4-6,9-10,15H2,1-3H3,(H,27,28,29). The molecule has 8 heteroatoms. The number of ether oxygens (including phenoxy) is 1. The first-order chi connectivity index (χ1) is 15.9. The first-order valence-corrected chi connectivity index (χ1v) is 11.7. The largest absolute Gasteiger partial charge is 0.377 e. The molecule has 176 valence electrons. The second-order valence-corrected chi connectivity index (χ2v) is 8.89. The van der Waals surface area contributed by atoms with Gasteiger partial charge < -0.3 is 10.1 Å². The van der Waals surface area contributed by atoms with Crippen LogP contribution in [-0.4, -0.2) is 37.9 Å². The molecule has 0 radical (unpaired) electrons. The molecule has 0 saturated heterocycles. The minimum absolute atomic E-state index is 0.124. The average Bonchev–Trinajstić information content (AvgIpc) is 3.12.